The normalized spacial score (nSPS) is 23.6. The van der Waals surface area contributed by atoms with Gasteiger partial charge < -0.3 is 19.8 Å². The van der Waals surface area contributed by atoms with Crippen molar-refractivity contribution in [2.24, 2.45) is 0 Å². The molecular weight excluding hydrogens is 460 g/mol. The minimum Gasteiger partial charge on any atom is -0.480 e. The standard InChI is InChI=1S/C19H17ClFN3O5S.Na/c1-7-10(12(23-29-7)11-8(20)5-4-6-9(11)21)15(25)22-13-16(26)24-14(18(27)28)19(2,3)30-17(13)24;/h4-6,13-14,17H,1-3H3,(H,22,25)(H,27,28);. The Hall–Kier alpha value is -1.59. The van der Waals surface area contributed by atoms with Crippen molar-refractivity contribution in [1.82, 2.24) is 15.4 Å². The Bertz CT molecular complexity index is 1070. The van der Waals surface area contributed by atoms with Crippen molar-refractivity contribution in [2.45, 2.75) is 43.0 Å². The van der Waals surface area contributed by atoms with Crippen LogP contribution in [0.25, 0.3) is 11.3 Å². The van der Waals surface area contributed by atoms with Crippen molar-refractivity contribution < 1.29 is 28.4 Å². The Balaban J connectivity index is 0.00000272. The maximum atomic E-state index is 14.4. The molecule has 8 nitrogen and oxygen atoms in total. The average molecular weight is 477 g/mol. The summed E-state index contributed by atoms with van der Waals surface area (Å²) in [6.07, 6.45) is 0. The first-order chi connectivity index (χ1) is 14.0. The van der Waals surface area contributed by atoms with Crippen LogP contribution < -0.4 is 5.32 Å². The van der Waals surface area contributed by atoms with Crippen LogP contribution in [0.2, 0.25) is 5.02 Å². The molecule has 2 aliphatic rings. The Morgan fingerprint density at radius 1 is 1.39 bits per heavy atom. The molecule has 2 fully saturated rings. The SMILES string of the molecule is Cc1onc(-c2c(F)cccc2Cl)c1C(=O)NC1C(=O)N2C1SC(C)(C)C2C(=O)O.[Na]. The van der Waals surface area contributed by atoms with Crippen LogP contribution >= 0.6 is 23.4 Å². The van der Waals surface area contributed by atoms with Gasteiger partial charge >= 0.3 is 5.97 Å². The predicted molar refractivity (Wildman–Crippen MR) is 112 cm³/mol. The number of benzene rings is 1. The monoisotopic (exact) mass is 476 g/mol. The molecule has 31 heavy (non-hydrogen) atoms. The van der Waals surface area contributed by atoms with Gasteiger partial charge in [0.15, 0.2) is 0 Å². The second-order valence-corrected chi connectivity index (χ2v) is 9.79. The second kappa shape index (κ2) is 8.40. The Morgan fingerprint density at radius 3 is 2.68 bits per heavy atom. The molecule has 2 aliphatic heterocycles. The van der Waals surface area contributed by atoms with Gasteiger partial charge in [0.05, 0.1) is 10.6 Å². The number of aromatic nitrogens is 1. The first kappa shape index (κ1) is 24.1. The Labute approximate surface area is 208 Å². The van der Waals surface area contributed by atoms with Gasteiger partial charge in [0.2, 0.25) is 5.91 Å². The number of rotatable bonds is 4. The summed E-state index contributed by atoms with van der Waals surface area (Å²) in [5.41, 5.74) is -0.185. The van der Waals surface area contributed by atoms with E-state index < -0.39 is 45.8 Å². The first-order valence-electron chi connectivity index (χ1n) is 8.99. The molecular formula is C19H17ClFN3NaO5S. The maximum Gasteiger partial charge on any atom is 0.327 e. The number of carbonyl (C=O) groups is 3. The van der Waals surface area contributed by atoms with E-state index in [1.807, 2.05) is 0 Å². The summed E-state index contributed by atoms with van der Waals surface area (Å²) in [4.78, 5) is 38.5. The fourth-order valence-corrected chi connectivity index (χ4v) is 5.77. The van der Waals surface area contributed by atoms with Gasteiger partial charge in [0, 0.05) is 34.3 Å². The molecule has 0 spiro atoms. The van der Waals surface area contributed by atoms with Gasteiger partial charge in [-0.05, 0) is 32.9 Å². The zero-order chi connectivity index (χ0) is 22.0. The van der Waals surface area contributed by atoms with Gasteiger partial charge in [-0.3, -0.25) is 9.59 Å². The third kappa shape index (κ3) is 3.78. The number of carboxylic acid groups (broad SMARTS) is 1. The first-order valence-corrected chi connectivity index (χ1v) is 10.2. The summed E-state index contributed by atoms with van der Waals surface area (Å²) >= 11 is 7.40. The number of nitrogens with zero attached hydrogens (tertiary/aromatic N) is 2. The van der Waals surface area contributed by atoms with E-state index in [1.54, 1.807) is 13.8 Å². The molecule has 2 N–H and O–H groups in total. The number of carbonyl (C=O) groups excluding carboxylic acids is 2. The number of thioether (sulfide) groups is 1. The number of nitrogens with one attached hydrogen (secondary N) is 1. The number of halogens is 2. The summed E-state index contributed by atoms with van der Waals surface area (Å²) in [6, 6.07) is 2.17. The smallest absolute Gasteiger partial charge is 0.327 e. The van der Waals surface area contributed by atoms with Crippen LogP contribution in [0.15, 0.2) is 22.7 Å². The molecule has 2 amide bonds. The molecule has 0 saturated carbocycles. The van der Waals surface area contributed by atoms with E-state index in [0.29, 0.717) is 0 Å². The Kier molecular flexibility index (Phi) is 6.52. The van der Waals surface area contributed by atoms with E-state index in [4.69, 9.17) is 16.1 Å². The summed E-state index contributed by atoms with van der Waals surface area (Å²) in [7, 11) is 0. The average Bonchev–Trinajstić information content (AvgIpc) is 3.14. The number of aryl methyl sites for hydroxylation is 1. The molecule has 3 heterocycles. The largest absolute Gasteiger partial charge is 0.480 e. The van der Waals surface area contributed by atoms with E-state index >= 15 is 0 Å². The number of amides is 2. The van der Waals surface area contributed by atoms with Crippen molar-refractivity contribution in [3.63, 3.8) is 0 Å². The molecule has 0 bridgehead atoms. The topological polar surface area (TPSA) is 113 Å². The zero-order valence-electron chi connectivity index (χ0n) is 17.1. The summed E-state index contributed by atoms with van der Waals surface area (Å²) in [5.74, 6) is -2.81. The predicted octanol–water partition coefficient (Wildman–Crippen LogP) is 2.31. The molecule has 1 aromatic carbocycles. The van der Waals surface area contributed by atoms with Gasteiger partial charge in [-0.15, -0.1) is 11.8 Å². The molecule has 159 valence electrons. The van der Waals surface area contributed by atoms with E-state index in [1.165, 1.54) is 41.8 Å². The third-order valence-corrected chi connectivity index (χ3v) is 7.14. The van der Waals surface area contributed by atoms with Gasteiger partial charge in [0.25, 0.3) is 5.91 Å². The van der Waals surface area contributed by atoms with Crippen molar-refractivity contribution in [1.29, 1.82) is 0 Å². The number of aliphatic carboxylic acids is 1. The number of fused-ring (bicyclic) bond motifs is 1. The molecule has 0 aliphatic carbocycles. The molecule has 2 aromatic rings. The van der Waals surface area contributed by atoms with Crippen molar-refractivity contribution in [2.75, 3.05) is 0 Å². The molecule has 4 rings (SSSR count). The minimum atomic E-state index is -1.10. The summed E-state index contributed by atoms with van der Waals surface area (Å²) in [5, 5.41) is 15.4. The van der Waals surface area contributed by atoms with Gasteiger partial charge in [-0.1, -0.05) is 22.8 Å². The van der Waals surface area contributed by atoms with Gasteiger partial charge in [0.1, 0.15) is 40.3 Å². The van der Waals surface area contributed by atoms with E-state index in [9.17, 15) is 23.9 Å². The Morgan fingerprint density at radius 2 is 2.06 bits per heavy atom. The van der Waals surface area contributed by atoms with Gasteiger partial charge in [-0.25, -0.2) is 9.18 Å². The molecule has 1 aromatic heterocycles. The number of carboxylic acids is 1. The second-order valence-electron chi connectivity index (χ2n) is 7.61. The molecule has 2 saturated heterocycles. The number of hydrogen-bond acceptors (Lipinski definition) is 6. The van der Waals surface area contributed by atoms with Crippen LogP contribution in [0.5, 0.6) is 0 Å². The van der Waals surface area contributed by atoms with Crippen LogP contribution in [0.1, 0.15) is 30.0 Å². The molecule has 1 radical (unpaired) electrons. The van der Waals surface area contributed by atoms with Crippen LogP contribution in [0.3, 0.4) is 0 Å². The van der Waals surface area contributed by atoms with Crippen LogP contribution in [0, 0.1) is 12.7 Å². The number of β-lactam (4-membered cyclic amide) rings is 1. The maximum absolute atomic E-state index is 14.4. The van der Waals surface area contributed by atoms with Crippen LogP contribution in [-0.2, 0) is 9.59 Å². The van der Waals surface area contributed by atoms with Crippen molar-refractivity contribution >= 4 is 70.7 Å². The zero-order valence-corrected chi connectivity index (χ0v) is 20.7. The molecule has 3 unspecified atom stereocenters. The summed E-state index contributed by atoms with van der Waals surface area (Å²) in [6.45, 7) is 4.97. The van der Waals surface area contributed by atoms with E-state index in [2.05, 4.69) is 10.5 Å². The van der Waals surface area contributed by atoms with Gasteiger partial charge in [-0.2, -0.15) is 0 Å². The minimum absolute atomic E-state index is 0. The van der Waals surface area contributed by atoms with E-state index in [-0.39, 0.29) is 57.2 Å². The van der Waals surface area contributed by atoms with Crippen LogP contribution in [-0.4, -0.2) is 84.7 Å². The van der Waals surface area contributed by atoms with Crippen molar-refractivity contribution in [3.05, 3.63) is 40.4 Å². The quantitative estimate of drug-likeness (QED) is 0.514. The fraction of sp³-hybridized carbons (Fsp3) is 0.368. The fourth-order valence-electron chi connectivity index (χ4n) is 3.89. The van der Waals surface area contributed by atoms with Crippen LogP contribution in [0.4, 0.5) is 4.39 Å². The van der Waals surface area contributed by atoms with E-state index in [0.717, 1.165) is 0 Å². The molecule has 3 atom stereocenters. The third-order valence-electron chi connectivity index (χ3n) is 5.25. The summed E-state index contributed by atoms with van der Waals surface area (Å²) < 4.78 is 18.7. The molecule has 12 heteroatoms. The van der Waals surface area contributed by atoms with Crippen molar-refractivity contribution in [3.8, 4) is 11.3 Å². The number of hydrogen-bond donors (Lipinski definition) is 2.